The van der Waals surface area contributed by atoms with Crippen molar-refractivity contribution in [1.82, 2.24) is 4.98 Å². The van der Waals surface area contributed by atoms with Crippen molar-refractivity contribution >= 4 is 5.97 Å². The van der Waals surface area contributed by atoms with E-state index in [2.05, 4.69) is 4.98 Å². The lowest BCUT2D eigenvalue weighted by atomic mass is 10.1. The molecule has 3 rings (SSSR count). The third-order valence-corrected chi connectivity index (χ3v) is 3.80. The second-order valence-corrected chi connectivity index (χ2v) is 5.70. The van der Waals surface area contributed by atoms with Crippen molar-refractivity contribution in [3.63, 3.8) is 0 Å². The molecule has 0 aliphatic carbocycles. The van der Waals surface area contributed by atoms with E-state index in [1.807, 2.05) is 31.2 Å². The van der Waals surface area contributed by atoms with Crippen LogP contribution in [0.3, 0.4) is 0 Å². The van der Waals surface area contributed by atoms with Crippen molar-refractivity contribution in [1.29, 1.82) is 0 Å². The average molecular weight is 339 g/mol. The van der Waals surface area contributed by atoms with Gasteiger partial charge in [0.1, 0.15) is 5.69 Å². The Kier molecular flexibility index (Phi) is 4.57. The molecule has 5 heteroatoms. The Bertz CT molecular complexity index is 920. The minimum Gasteiger partial charge on any atom is -0.419 e. The maximum Gasteiger partial charge on any atom is 0.362 e. The highest BCUT2D eigenvalue weighted by atomic mass is 19.2. The highest BCUT2D eigenvalue weighted by molar-refractivity contribution is 5.89. The molecule has 0 saturated heterocycles. The van der Waals surface area contributed by atoms with E-state index in [1.165, 1.54) is 31.3 Å². The summed E-state index contributed by atoms with van der Waals surface area (Å²) in [6, 6.07) is 13.6. The standard InChI is InChI=1S/C20H15F2NO2/c1-12-3-6-14(7-4-12)15-8-9-16(23-11-15)20(24)25-17-10-5-13(2)18(21)19(17)22/h3-11H,1-2H3. The van der Waals surface area contributed by atoms with Crippen LogP contribution in [-0.2, 0) is 0 Å². The van der Waals surface area contributed by atoms with Crippen LogP contribution in [0.15, 0.2) is 54.7 Å². The SMILES string of the molecule is Cc1ccc(-c2ccc(C(=O)Oc3ccc(C)c(F)c3F)nc2)cc1. The zero-order valence-corrected chi connectivity index (χ0v) is 13.7. The number of hydrogen-bond acceptors (Lipinski definition) is 3. The molecule has 1 aromatic heterocycles. The Balaban J connectivity index is 1.79. The highest BCUT2D eigenvalue weighted by Crippen LogP contribution is 2.23. The summed E-state index contributed by atoms with van der Waals surface area (Å²) in [5.74, 6) is -3.53. The number of carbonyl (C=O) groups excluding carboxylic acids is 1. The molecule has 0 spiro atoms. The quantitative estimate of drug-likeness (QED) is 0.505. The van der Waals surface area contributed by atoms with Crippen LogP contribution in [-0.4, -0.2) is 11.0 Å². The van der Waals surface area contributed by atoms with Gasteiger partial charge in [-0.15, -0.1) is 0 Å². The first-order chi connectivity index (χ1) is 12.0. The van der Waals surface area contributed by atoms with Crippen LogP contribution in [0.4, 0.5) is 8.78 Å². The largest absolute Gasteiger partial charge is 0.419 e. The van der Waals surface area contributed by atoms with Crippen LogP contribution in [0.5, 0.6) is 5.75 Å². The third kappa shape index (κ3) is 3.55. The van der Waals surface area contributed by atoms with E-state index in [9.17, 15) is 13.6 Å². The van der Waals surface area contributed by atoms with Gasteiger partial charge in [0, 0.05) is 11.8 Å². The van der Waals surface area contributed by atoms with Crippen molar-refractivity contribution in [3.8, 4) is 16.9 Å². The van der Waals surface area contributed by atoms with Gasteiger partial charge in [0.25, 0.3) is 0 Å². The molecule has 3 nitrogen and oxygen atoms in total. The van der Waals surface area contributed by atoms with Gasteiger partial charge < -0.3 is 4.74 Å². The van der Waals surface area contributed by atoms with Gasteiger partial charge in [0.2, 0.25) is 5.82 Å². The van der Waals surface area contributed by atoms with E-state index < -0.39 is 23.4 Å². The number of aryl methyl sites for hydroxylation is 2. The van der Waals surface area contributed by atoms with Gasteiger partial charge in [-0.1, -0.05) is 42.0 Å². The van der Waals surface area contributed by atoms with Crippen LogP contribution < -0.4 is 4.74 Å². The predicted octanol–water partition coefficient (Wildman–Crippen LogP) is 4.86. The molecule has 0 aliphatic heterocycles. The zero-order chi connectivity index (χ0) is 18.0. The zero-order valence-electron chi connectivity index (χ0n) is 13.7. The Morgan fingerprint density at radius 3 is 2.20 bits per heavy atom. The number of pyridine rings is 1. The van der Waals surface area contributed by atoms with Crippen molar-refractivity contribution < 1.29 is 18.3 Å². The van der Waals surface area contributed by atoms with E-state index in [0.29, 0.717) is 0 Å². The summed E-state index contributed by atoms with van der Waals surface area (Å²) in [7, 11) is 0. The van der Waals surface area contributed by atoms with E-state index in [4.69, 9.17) is 4.74 Å². The number of rotatable bonds is 3. The minimum absolute atomic E-state index is 0.0104. The topological polar surface area (TPSA) is 39.2 Å². The molecule has 0 aliphatic rings. The fourth-order valence-corrected chi connectivity index (χ4v) is 2.29. The summed E-state index contributed by atoms with van der Waals surface area (Å²) >= 11 is 0. The number of carbonyl (C=O) groups is 1. The molecule has 126 valence electrons. The molecule has 0 atom stereocenters. The second-order valence-electron chi connectivity index (χ2n) is 5.70. The van der Waals surface area contributed by atoms with Crippen LogP contribution in [0, 0.1) is 25.5 Å². The number of nitrogens with zero attached hydrogens (tertiary/aromatic N) is 1. The molecule has 25 heavy (non-hydrogen) atoms. The lowest BCUT2D eigenvalue weighted by molar-refractivity contribution is 0.0720. The summed E-state index contributed by atoms with van der Waals surface area (Å²) in [4.78, 5) is 16.1. The fourth-order valence-electron chi connectivity index (χ4n) is 2.29. The lowest BCUT2D eigenvalue weighted by Crippen LogP contribution is -2.12. The van der Waals surface area contributed by atoms with Gasteiger partial charge in [0.15, 0.2) is 11.6 Å². The fraction of sp³-hybridized carbons (Fsp3) is 0.100. The number of esters is 1. The van der Waals surface area contributed by atoms with Gasteiger partial charge in [-0.05, 0) is 37.1 Å². The molecule has 2 aromatic carbocycles. The molecule has 0 amide bonds. The number of hydrogen-bond donors (Lipinski definition) is 0. The van der Waals surface area contributed by atoms with Gasteiger partial charge in [-0.3, -0.25) is 0 Å². The second kappa shape index (κ2) is 6.81. The van der Waals surface area contributed by atoms with Crippen molar-refractivity contribution in [3.05, 3.63) is 83.2 Å². The summed E-state index contributed by atoms with van der Waals surface area (Å²) in [6.07, 6.45) is 1.54. The molecular formula is C20H15F2NO2. The molecule has 0 N–H and O–H groups in total. The number of ether oxygens (including phenoxy) is 1. The molecule has 0 fully saturated rings. The molecule has 0 bridgehead atoms. The van der Waals surface area contributed by atoms with E-state index in [0.717, 1.165) is 16.7 Å². The number of halogens is 2. The maximum absolute atomic E-state index is 13.8. The lowest BCUT2D eigenvalue weighted by Gasteiger charge is -2.07. The van der Waals surface area contributed by atoms with E-state index >= 15 is 0 Å². The van der Waals surface area contributed by atoms with Gasteiger partial charge in [-0.2, -0.15) is 4.39 Å². The number of benzene rings is 2. The first-order valence-electron chi connectivity index (χ1n) is 7.65. The Morgan fingerprint density at radius 1 is 0.880 bits per heavy atom. The first kappa shape index (κ1) is 16.8. The predicted molar refractivity (Wildman–Crippen MR) is 90.5 cm³/mol. The average Bonchev–Trinajstić information content (AvgIpc) is 2.63. The monoisotopic (exact) mass is 339 g/mol. The first-order valence-corrected chi connectivity index (χ1v) is 7.65. The smallest absolute Gasteiger partial charge is 0.362 e. The van der Waals surface area contributed by atoms with E-state index in [1.54, 1.807) is 6.07 Å². The van der Waals surface area contributed by atoms with Crippen LogP contribution in [0.1, 0.15) is 21.6 Å². The highest BCUT2D eigenvalue weighted by Gasteiger charge is 2.17. The summed E-state index contributed by atoms with van der Waals surface area (Å²) in [6.45, 7) is 3.42. The molecular weight excluding hydrogens is 324 g/mol. The molecule has 1 heterocycles. The van der Waals surface area contributed by atoms with Crippen LogP contribution >= 0.6 is 0 Å². The Morgan fingerprint density at radius 2 is 1.56 bits per heavy atom. The number of aromatic nitrogens is 1. The van der Waals surface area contributed by atoms with Crippen molar-refractivity contribution in [2.75, 3.05) is 0 Å². The molecule has 0 radical (unpaired) electrons. The van der Waals surface area contributed by atoms with Gasteiger partial charge in [-0.25, -0.2) is 14.2 Å². The van der Waals surface area contributed by atoms with Crippen molar-refractivity contribution in [2.24, 2.45) is 0 Å². The van der Waals surface area contributed by atoms with Gasteiger partial charge >= 0.3 is 5.97 Å². The van der Waals surface area contributed by atoms with E-state index in [-0.39, 0.29) is 11.3 Å². The molecule has 3 aromatic rings. The third-order valence-electron chi connectivity index (χ3n) is 3.80. The summed E-state index contributed by atoms with van der Waals surface area (Å²) in [5.41, 5.74) is 3.09. The summed E-state index contributed by atoms with van der Waals surface area (Å²) < 4.78 is 32.2. The molecule has 0 unspecified atom stereocenters. The van der Waals surface area contributed by atoms with Gasteiger partial charge in [0.05, 0.1) is 0 Å². The minimum atomic E-state index is -1.19. The Labute approximate surface area is 143 Å². The maximum atomic E-state index is 13.8. The normalized spacial score (nSPS) is 10.6. The Hall–Kier alpha value is -3.08. The van der Waals surface area contributed by atoms with Crippen molar-refractivity contribution in [2.45, 2.75) is 13.8 Å². The van der Waals surface area contributed by atoms with Crippen LogP contribution in [0.2, 0.25) is 0 Å². The summed E-state index contributed by atoms with van der Waals surface area (Å²) in [5, 5.41) is 0. The molecule has 0 saturated carbocycles. The van der Waals surface area contributed by atoms with Crippen LogP contribution in [0.25, 0.3) is 11.1 Å².